The standard InChI is InChI=1S/C19H21NO4S/c1-3-14-6-4-5-7-17(14)20-18(21)12-24-19(22)13-25-16-10-8-15(23-2)9-11-16/h4-11H,3,12-13H2,1-2H3,(H,20,21). The first-order valence-electron chi connectivity index (χ1n) is 7.92. The zero-order chi connectivity index (χ0) is 18.1. The molecule has 0 unspecified atom stereocenters. The summed E-state index contributed by atoms with van der Waals surface area (Å²) in [5.41, 5.74) is 1.79. The Morgan fingerprint density at radius 3 is 2.48 bits per heavy atom. The number of methoxy groups -OCH3 is 1. The molecule has 25 heavy (non-hydrogen) atoms. The second-order valence-corrected chi connectivity index (χ2v) is 6.23. The van der Waals surface area contributed by atoms with Crippen LogP contribution in [-0.4, -0.2) is 31.3 Å². The Morgan fingerprint density at radius 1 is 1.08 bits per heavy atom. The maximum absolute atomic E-state index is 11.9. The Bertz CT molecular complexity index is 716. The normalized spacial score (nSPS) is 10.2. The lowest BCUT2D eigenvalue weighted by Gasteiger charge is -2.10. The molecule has 0 saturated carbocycles. The highest BCUT2D eigenvalue weighted by Crippen LogP contribution is 2.21. The number of amides is 1. The predicted molar refractivity (Wildman–Crippen MR) is 99.1 cm³/mol. The van der Waals surface area contributed by atoms with Crippen LogP contribution in [0.15, 0.2) is 53.4 Å². The molecule has 0 heterocycles. The molecule has 6 heteroatoms. The Kier molecular flexibility index (Phi) is 7.35. The van der Waals surface area contributed by atoms with Crippen molar-refractivity contribution < 1.29 is 19.1 Å². The number of para-hydroxylation sites is 1. The number of hydrogen-bond acceptors (Lipinski definition) is 5. The van der Waals surface area contributed by atoms with Gasteiger partial charge in [-0.15, -0.1) is 11.8 Å². The predicted octanol–water partition coefficient (Wildman–Crippen LogP) is 3.53. The van der Waals surface area contributed by atoms with E-state index in [-0.39, 0.29) is 18.3 Å². The van der Waals surface area contributed by atoms with Crippen molar-refractivity contribution in [2.45, 2.75) is 18.2 Å². The maximum Gasteiger partial charge on any atom is 0.316 e. The molecule has 2 aromatic rings. The largest absolute Gasteiger partial charge is 0.497 e. The lowest BCUT2D eigenvalue weighted by molar-refractivity contribution is -0.144. The van der Waals surface area contributed by atoms with Gasteiger partial charge in [0.2, 0.25) is 0 Å². The second kappa shape index (κ2) is 9.74. The van der Waals surface area contributed by atoms with Crippen molar-refractivity contribution in [2.24, 2.45) is 0 Å². The molecule has 0 fully saturated rings. The van der Waals surface area contributed by atoms with E-state index < -0.39 is 5.97 Å². The summed E-state index contributed by atoms with van der Waals surface area (Å²) >= 11 is 1.35. The van der Waals surface area contributed by atoms with Gasteiger partial charge in [0, 0.05) is 10.6 Å². The molecule has 0 spiro atoms. The van der Waals surface area contributed by atoms with Crippen molar-refractivity contribution in [1.82, 2.24) is 0 Å². The highest BCUT2D eigenvalue weighted by molar-refractivity contribution is 8.00. The van der Waals surface area contributed by atoms with E-state index in [9.17, 15) is 9.59 Å². The van der Waals surface area contributed by atoms with E-state index in [1.54, 1.807) is 7.11 Å². The van der Waals surface area contributed by atoms with E-state index in [4.69, 9.17) is 9.47 Å². The lowest BCUT2D eigenvalue weighted by atomic mass is 10.1. The fourth-order valence-electron chi connectivity index (χ4n) is 2.14. The van der Waals surface area contributed by atoms with Gasteiger partial charge in [0.05, 0.1) is 12.9 Å². The van der Waals surface area contributed by atoms with Gasteiger partial charge in [0.25, 0.3) is 5.91 Å². The van der Waals surface area contributed by atoms with Crippen LogP contribution < -0.4 is 10.1 Å². The minimum Gasteiger partial charge on any atom is -0.497 e. The third-order valence-electron chi connectivity index (χ3n) is 3.45. The summed E-state index contributed by atoms with van der Waals surface area (Å²) in [6.07, 6.45) is 0.814. The smallest absolute Gasteiger partial charge is 0.316 e. The fourth-order valence-corrected chi connectivity index (χ4v) is 2.84. The molecule has 0 aliphatic carbocycles. The molecule has 0 aromatic heterocycles. The monoisotopic (exact) mass is 359 g/mol. The summed E-state index contributed by atoms with van der Waals surface area (Å²) in [6, 6.07) is 14.9. The molecule has 2 aromatic carbocycles. The highest BCUT2D eigenvalue weighted by atomic mass is 32.2. The van der Waals surface area contributed by atoms with E-state index in [0.717, 1.165) is 28.3 Å². The van der Waals surface area contributed by atoms with Gasteiger partial charge in [-0.1, -0.05) is 25.1 Å². The third-order valence-corrected chi connectivity index (χ3v) is 4.44. The minimum atomic E-state index is -0.431. The maximum atomic E-state index is 11.9. The summed E-state index contributed by atoms with van der Waals surface area (Å²) in [5.74, 6) is 0.130. The van der Waals surface area contributed by atoms with Crippen LogP contribution in [0.4, 0.5) is 5.69 Å². The number of aryl methyl sites for hydroxylation is 1. The van der Waals surface area contributed by atoms with Crippen molar-refractivity contribution in [3.8, 4) is 5.75 Å². The average Bonchev–Trinajstić information content (AvgIpc) is 2.65. The molecule has 0 bridgehead atoms. The SMILES string of the molecule is CCc1ccccc1NC(=O)COC(=O)CSc1ccc(OC)cc1. The van der Waals surface area contributed by atoms with E-state index in [0.29, 0.717) is 0 Å². The summed E-state index contributed by atoms with van der Waals surface area (Å²) in [6.45, 7) is 1.72. The number of carbonyl (C=O) groups excluding carboxylic acids is 2. The molecule has 132 valence electrons. The number of benzene rings is 2. The molecule has 1 amide bonds. The number of hydrogen-bond donors (Lipinski definition) is 1. The van der Waals surface area contributed by atoms with Gasteiger partial charge < -0.3 is 14.8 Å². The van der Waals surface area contributed by atoms with E-state index in [2.05, 4.69) is 5.32 Å². The molecule has 1 N–H and O–H groups in total. The first-order chi connectivity index (χ1) is 12.1. The van der Waals surface area contributed by atoms with Gasteiger partial charge in [-0.25, -0.2) is 0 Å². The number of anilines is 1. The summed E-state index contributed by atoms with van der Waals surface area (Å²) in [4.78, 5) is 24.6. The molecule has 0 radical (unpaired) electrons. The minimum absolute atomic E-state index is 0.144. The summed E-state index contributed by atoms with van der Waals surface area (Å²) in [7, 11) is 1.60. The van der Waals surface area contributed by atoms with Gasteiger partial charge in [-0.05, 0) is 42.3 Å². The molecule has 2 rings (SSSR count). The van der Waals surface area contributed by atoms with Crippen LogP contribution in [0.1, 0.15) is 12.5 Å². The van der Waals surface area contributed by atoms with Gasteiger partial charge in [-0.3, -0.25) is 9.59 Å². The fraction of sp³-hybridized carbons (Fsp3) is 0.263. The quantitative estimate of drug-likeness (QED) is 0.577. The number of nitrogens with one attached hydrogen (secondary N) is 1. The van der Waals surface area contributed by atoms with Gasteiger partial charge in [-0.2, -0.15) is 0 Å². The molecular weight excluding hydrogens is 338 g/mol. The zero-order valence-corrected chi connectivity index (χ0v) is 15.1. The zero-order valence-electron chi connectivity index (χ0n) is 14.3. The van der Waals surface area contributed by atoms with Gasteiger partial charge in [0.15, 0.2) is 6.61 Å². The van der Waals surface area contributed by atoms with E-state index >= 15 is 0 Å². The summed E-state index contributed by atoms with van der Waals surface area (Å²) in [5, 5.41) is 2.77. The third kappa shape index (κ3) is 6.15. The Balaban J connectivity index is 1.74. The van der Waals surface area contributed by atoms with Crippen molar-refractivity contribution in [3.05, 3.63) is 54.1 Å². The number of esters is 1. The summed E-state index contributed by atoms with van der Waals surface area (Å²) < 4.78 is 10.1. The molecule has 0 aliphatic heterocycles. The number of carbonyl (C=O) groups is 2. The Morgan fingerprint density at radius 2 is 1.80 bits per heavy atom. The van der Waals surface area contributed by atoms with Crippen molar-refractivity contribution in [3.63, 3.8) is 0 Å². The van der Waals surface area contributed by atoms with Crippen LogP contribution in [0, 0.1) is 0 Å². The first-order valence-corrected chi connectivity index (χ1v) is 8.91. The number of rotatable bonds is 8. The second-order valence-electron chi connectivity index (χ2n) is 5.18. The van der Waals surface area contributed by atoms with Crippen LogP contribution in [0.2, 0.25) is 0 Å². The number of thioether (sulfide) groups is 1. The van der Waals surface area contributed by atoms with Crippen LogP contribution in [0.25, 0.3) is 0 Å². The Hall–Kier alpha value is -2.47. The van der Waals surface area contributed by atoms with Crippen molar-refractivity contribution >= 4 is 29.3 Å². The van der Waals surface area contributed by atoms with Crippen molar-refractivity contribution in [2.75, 3.05) is 24.8 Å². The highest BCUT2D eigenvalue weighted by Gasteiger charge is 2.10. The molecular formula is C19H21NO4S. The van der Waals surface area contributed by atoms with Crippen LogP contribution in [-0.2, 0) is 20.7 Å². The van der Waals surface area contributed by atoms with Crippen LogP contribution >= 0.6 is 11.8 Å². The molecule has 0 atom stereocenters. The van der Waals surface area contributed by atoms with Crippen LogP contribution in [0.5, 0.6) is 5.75 Å². The lowest BCUT2D eigenvalue weighted by Crippen LogP contribution is -2.22. The van der Waals surface area contributed by atoms with E-state index in [1.165, 1.54) is 11.8 Å². The number of ether oxygens (including phenoxy) is 2. The average molecular weight is 359 g/mol. The van der Waals surface area contributed by atoms with Gasteiger partial charge in [0.1, 0.15) is 5.75 Å². The van der Waals surface area contributed by atoms with Crippen LogP contribution in [0.3, 0.4) is 0 Å². The van der Waals surface area contributed by atoms with E-state index in [1.807, 2.05) is 55.5 Å². The molecule has 5 nitrogen and oxygen atoms in total. The Labute approximate surface area is 151 Å². The van der Waals surface area contributed by atoms with Gasteiger partial charge >= 0.3 is 5.97 Å². The topological polar surface area (TPSA) is 64.6 Å². The molecule has 0 aliphatic rings. The molecule has 0 saturated heterocycles. The first kappa shape index (κ1) is 18.9. The van der Waals surface area contributed by atoms with Crippen molar-refractivity contribution in [1.29, 1.82) is 0 Å².